The zero-order chi connectivity index (χ0) is 13.2. The maximum Gasteiger partial charge on any atom is 0.108 e. The van der Waals surface area contributed by atoms with Crippen LogP contribution in [0.25, 0.3) is 0 Å². The van der Waals surface area contributed by atoms with E-state index in [2.05, 4.69) is 25.2 Å². The van der Waals surface area contributed by atoms with Gasteiger partial charge in [-0.3, -0.25) is 0 Å². The van der Waals surface area contributed by atoms with Crippen LogP contribution >= 0.6 is 0 Å². The molecule has 0 aliphatic heterocycles. The quantitative estimate of drug-likeness (QED) is 0.845. The Kier molecular flexibility index (Phi) is 4.13. The summed E-state index contributed by atoms with van der Waals surface area (Å²) in [7, 11) is 0. The van der Waals surface area contributed by atoms with Crippen LogP contribution in [0.4, 0.5) is 0 Å². The van der Waals surface area contributed by atoms with Crippen LogP contribution in [0.5, 0.6) is 0 Å². The first-order chi connectivity index (χ1) is 8.48. The third kappa shape index (κ3) is 3.36. The largest absolute Gasteiger partial charge is 0.469 e. The highest BCUT2D eigenvalue weighted by atomic mass is 16.3. The van der Waals surface area contributed by atoms with Crippen molar-refractivity contribution in [2.24, 2.45) is 5.41 Å². The predicted octanol–water partition coefficient (Wildman–Crippen LogP) is 3.04. The number of hydrogen-bond acceptors (Lipinski definition) is 3. The topological polar surface area (TPSA) is 45.4 Å². The van der Waals surface area contributed by atoms with Gasteiger partial charge in [0, 0.05) is 24.6 Å². The molecule has 1 aromatic rings. The molecule has 0 saturated heterocycles. The number of furan rings is 1. The number of nitrogens with one attached hydrogen (secondary N) is 1. The second kappa shape index (κ2) is 5.45. The molecule has 1 aliphatic carbocycles. The van der Waals surface area contributed by atoms with Gasteiger partial charge in [-0.1, -0.05) is 13.8 Å². The number of aliphatic hydroxyl groups is 1. The Morgan fingerprint density at radius 3 is 3.06 bits per heavy atom. The SMILES string of the molecule is C[C@H](O)CC(C)(C)CN[C@H]1CCCc2occc21. The van der Waals surface area contributed by atoms with Gasteiger partial charge in [0.1, 0.15) is 5.76 Å². The van der Waals surface area contributed by atoms with Gasteiger partial charge in [0.25, 0.3) is 0 Å². The Morgan fingerprint density at radius 1 is 1.56 bits per heavy atom. The van der Waals surface area contributed by atoms with E-state index >= 15 is 0 Å². The molecule has 0 amide bonds. The van der Waals surface area contributed by atoms with Gasteiger partial charge in [0.15, 0.2) is 0 Å². The first-order valence-electron chi connectivity index (χ1n) is 6.96. The van der Waals surface area contributed by atoms with E-state index < -0.39 is 0 Å². The predicted molar refractivity (Wildman–Crippen MR) is 72.5 cm³/mol. The molecule has 1 aliphatic rings. The maximum atomic E-state index is 9.51. The molecule has 3 heteroatoms. The van der Waals surface area contributed by atoms with Crippen LogP contribution in [0.3, 0.4) is 0 Å². The van der Waals surface area contributed by atoms with E-state index in [0.29, 0.717) is 6.04 Å². The molecule has 2 atom stereocenters. The molecule has 1 heterocycles. The monoisotopic (exact) mass is 251 g/mol. The summed E-state index contributed by atoms with van der Waals surface area (Å²) in [6.07, 6.45) is 5.82. The highest BCUT2D eigenvalue weighted by molar-refractivity contribution is 5.24. The molecule has 0 aromatic carbocycles. The Bertz CT molecular complexity index is 382. The van der Waals surface area contributed by atoms with Crippen LogP contribution in [0.1, 0.15) is 57.4 Å². The minimum Gasteiger partial charge on any atom is -0.469 e. The molecule has 0 unspecified atom stereocenters. The van der Waals surface area contributed by atoms with Crippen LogP contribution in [-0.4, -0.2) is 17.8 Å². The van der Waals surface area contributed by atoms with Gasteiger partial charge in [-0.2, -0.15) is 0 Å². The molecule has 18 heavy (non-hydrogen) atoms. The fourth-order valence-electron chi connectivity index (χ4n) is 2.97. The molecular formula is C15H25NO2. The van der Waals surface area contributed by atoms with Crippen molar-refractivity contribution in [3.05, 3.63) is 23.7 Å². The molecular weight excluding hydrogens is 226 g/mol. The van der Waals surface area contributed by atoms with Gasteiger partial charge >= 0.3 is 0 Å². The molecule has 1 aromatic heterocycles. The Labute approximate surface area is 110 Å². The zero-order valence-corrected chi connectivity index (χ0v) is 11.7. The third-order valence-corrected chi connectivity index (χ3v) is 3.73. The minimum absolute atomic E-state index is 0.121. The highest BCUT2D eigenvalue weighted by Crippen LogP contribution is 2.31. The lowest BCUT2D eigenvalue weighted by Crippen LogP contribution is -2.35. The Morgan fingerprint density at radius 2 is 2.33 bits per heavy atom. The molecule has 0 bridgehead atoms. The summed E-state index contributed by atoms with van der Waals surface area (Å²) in [5, 5.41) is 13.1. The highest BCUT2D eigenvalue weighted by Gasteiger charge is 2.26. The summed E-state index contributed by atoms with van der Waals surface area (Å²) >= 11 is 0. The van der Waals surface area contributed by atoms with Crippen molar-refractivity contribution < 1.29 is 9.52 Å². The van der Waals surface area contributed by atoms with Crippen LogP contribution in [-0.2, 0) is 6.42 Å². The molecule has 102 valence electrons. The summed E-state index contributed by atoms with van der Waals surface area (Å²) in [6, 6.07) is 2.51. The molecule has 0 radical (unpaired) electrons. The smallest absolute Gasteiger partial charge is 0.108 e. The standard InChI is InChI=1S/C15H25NO2/c1-11(17)9-15(2,3)10-16-13-5-4-6-14-12(13)7-8-18-14/h7-8,11,13,16-17H,4-6,9-10H2,1-3H3/t11-,13-/m0/s1. The fraction of sp³-hybridized carbons (Fsp3) is 0.733. The lowest BCUT2D eigenvalue weighted by molar-refractivity contribution is 0.125. The summed E-state index contributed by atoms with van der Waals surface area (Å²) < 4.78 is 5.50. The van der Waals surface area contributed by atoms with E-state index in [1.165, 1.54) is 18.4 Å². The number of aryl methyl sites for hydroxylation is 1. The molecule has 0 saturated carbocycles. The van der Waals surface area contributed by atoms with Gasteiger partial charge in [0.2, 0.25) is 0 Å². The van der Waals surface area contributed by atoms with Gasteiger partial charge < -0.3 is 14.8 Å². The molecule has 0 fully saturated rings. The van der Waals surface area contributed by atoms with E-state index in [1.54, 1.807) is 6.26 Å². The van der Waals surface area contributed by atoms with Crippen molar-refractivity contribution >= 4 is 0 Å². The molecule has 2 rings (SSSR count). The second-order valence-electron chi connectivity index (χ2n) is 6.34. The first kappa shape index (κ1) is 13.6. The Hall–Kier alpha value is -0.800. The van der Waals surface area contributed by atoms with Crippen molar-refractivity contribution in [3.63, 3.8) is 0 Å². The molecule has 0 spiro atoms. The Balaban J connectivity index is 1.92. The van der Waals surface area contributed by atoms with Crippen molar-refractivity contribution in [3.8, 4) is 0 Å². The zero-order valence-electron chi connectivity index (χ0n) is 11.7. The molecule has 3 nitrogen and oxygen atoms in total. The summed E-state index contributed by atoms with van der Waals surface area (Å²) in [6.45, 7) is 7.18. The van der Waals surface area contributed by atoms with Gasteiger partial charge in [-0.25, -0.2) is 0 Å². The maximum absolute atomic E-state index is 9.51. The first-order valence-corrected chi connectivity index (χ1v) is 6.96. The fourth-order valence-corrected chi connectivity index (χ4v) is 2.97. The number of hydrogen-bond donors (Lipinski definition) is 2. The van der Waals surface area contributed by atoms with Crippen molar-refractivity contribution in [2.45, 2.75) is 58.6 Å². The third-order valence-electron chi connectivity index (χ3n) is 3.73. The number of aliphatic hydroxyl groups excluding tert-OH is 1. The number of rotatable bonds is 5. The summed E-state index contributed by atoms with van der Waals surface area (Å²) in [4.78, 5) is 0. The second-order valence-corrected chi connectivity index (χ2v) is 6.34. The van der Waals surface area contributed by atoms with Crippen molar-refractivity contribution in [2.75, 3.05) is 6.54 Å². The van der Waals surface area contributed by atoms with Crippen LogP contribution in [0, 0.1) is 5.41 Å². The van der Waals surface area contributed by atoms with E-state index in [0.717, 1.165) is 25.1 Å². The van der Waals surface area contributed by atoms with Gasteiger partial charge in [-0.15, -0.1) is 0 Å². The van der Waals surface area contributed by atoms with E-state index in [4.69, 9.17) is 4.42 Å². The lowest BCUT2D eigenvalue weighted by atomic mass is 9.85. The molecule has 2 N–H and O–H groups in total. The minimum atomic E-state index is -0.238. The van der Waals surface area contributed by atoms with Crippen molar-refractivity contribution in [1.29, 1.82) is 0 Å². The van der Waals surface area contributed by atoms with Gasteiger partial charge in [0.05, 0.1) is 12.4 Å². The van der Waals surface area contributed by atoms with Crippen LogP contribution < -0.4 is 5.32 Å². The van der Waals surface area contributed by atoms with E-state index in [9.17, 15) is 5.11 Å². The summed E-state index contributed by atoms with van der Waals surface area (Å²) in [5.41, 5.74) is 1.45. The normalized spacial score (nSPS) is 21.7. The van der Waals surface area contributed by atoms with E-state index in [1.807, 2.05) is 6.92 Å². The summed E-state index contributed by atoms with van der Waals surface area (Å²) in [5.74, 6) is 1.15. The van der Waals surface area contributed by atoms with E-state index in [-0.39, 0.29) is 11.5 Å². The van der Waals surface area contributed by atoms with Crippen LogP contribution in [0.15, 0.2) is 16.7 Å². The van der Waals surface area contributed by atoms with Crippen LogP contribution in [0.2, 0.25) is 0 Å². The number of fused-ring (bicyclic) bond motifs is 1. The van der Waals surface area contributed by atoms with Gasteiger partial charge in [-0.05, 0) is 37.7 Å². The average molecular weight is 251 g/mol. The average Bonchev–Trinajstić information content (AvgIpc) is 2.72. The lowest BCUT2D eigenvalue weighted by Gasteiger charge is -2.30. The van der Waals surface area contributed by atoms with Crippen molar-refractivity contribution in [1.82, 2.24) is 5.32 Å².